The summed E-state index contributed by atoms with van der Waals surface area (Å²) in [5.41, 5.74) is 6.47. The zero-order chi connectivity index (χ0) is 22.3. The van der Waals surface area contributed by atoms with Crippen LogP contribution in [0.1, 0.15) is 35.2 Å². The van der Waals surface area contributed by atoms with Crippen LogP contribution < -0.4 is 5.73 Å². The molecule has 2 aliphatic carbocycles. The van der Waals surface area contributed by atoms with E-state index in [2.05, 4.69) is 0 Å². The van der Waals surface area contributed by atoms with Crippen LogP contribution in [0.5, 0.6) is 0 Å². The number of sulfonamides is 1. The molecule has 1 amide bonds. The largest absolute Gasteiger partial charge is 0.478 e. The van der Waals surface area contributed by atoms with Crippen molar-refractivity contribution in [2.75, 3.05) is 0 Å². The fourth-order valence-electron chi connectivity index (χ4n) is 5.10. The van der Waals surface area contributed by atoms with E-state index < -0.39 is 33.9 Å². The number of rotatable bonds is 7. The third kappa shape index (κ3) is 4.07. The number of hydrogen-bond donors (Lipinski definition) is 2. The molecule has 2 aromatic carbocycles. The summed E-state index contributed by atoms with van der Waals surface area (Å²) >= 11 is 5.94. The molecule has 0 radical (unpaired) electrons. The number of amides is 1. The van der Waals surface area contributed by atoms with Gasteiger partial charge >= 0.3 is 5.97 Å². The van der Waals surface area contributed by atoms with Crippen molar-refractivity contribution in [1.29, 1.82) is 0 Å². The van der Waals surface area contributed by atoms with Crippen LogP contribution in [0.15, 0.2) is 53.4 Å². The van der Waals surface area contributed by atoms with Gasteiger partial charge in [0.15, 0.2) is 0 Å². The highest BCUT2D eigenvalue weighted by Crippen LogP contribution is 2.51. The molecule has 2 saturated carbocycles. The molecular formula is C22H23ClN2O5S. The van der Waals surface area contributed by atoms with Gasteiger partial charge in [0.25, 0.3) is 0 Å². The van der Waals surface area contributed by atoms with E-state index in [4.69, 9.17) is 22.4 Å². The number of nitrogens with two attached hydrogens (primary N) is 1. The molecule has 0 aliphatic heterocycles. The second-order valence-corrected chi connectivity index (χ2v) is 10.6. The second-order valence-electron chi connectivity index (χ2n) is 8.26. The number of carboxylic acids is 1. The Hall–Kier alpha value is -2.42. The van der Waals surface area contributed by atoms with E-state index in [0.29, 0.717) is 10.6 Å². The standard InChI is InChI=1S/C22H23ClN2O5S/c23-17-7-9-18(10-8-17)31(29,30)25(12-13-1-3-14(4-2-13)22(27)28)20-16-6-5-15(11-16)19(20)21(24)26/h1-4,7-10,15-16,19-20H,5-6,11-12H2,(H2,24,26)(H,27,28). The maximum absolute atomic E-state index is 13.7. The Kier molecular flexibility index (Phi) is 5.81. The van der Waals surface area contributed by atoms with E-state index in [1.807, 2.05) is 0 Å². The minimum atomic E-state index is -3.96. The zero-order valence-corrected chi connectivity index (χ0v) is 18.2. The number of carbonyl (C=O) groups is 2. The summed E-state index contributed by atoms with van der Waals surface area (Å²) in [6.45, 7) is 0.0164. The first-order valence-electron chi connectivity index (χ1n) is 10.1. The molecule has 0 saturated heterocycles. The SMILES string of the molecule is NC(=O)C1C2CCC(C2)C1N(Cc1ccc(C(=O)O)cc1)S(=O)(=O)c1ccc(Cl)cc1. The highest BCUT2D eigenvalue weighted by Gasteiger charge is 2.54. The lowest BCUT2D eigenvalue weighted by atomic mass is 9.84. The van der Waals surface area contributed by atoms with E-state index in [0.717, 1.165) is 19.3 Å². The van der Waals surface area contributed by atoms with Crippen LogP contribution in [-0.4, -0.2) is 35.7 Å². The number of hydrogen-bond acceptors (Lipinski definition) is 4. The lowest BCUT2D eigenvalue weighted by Crippen LogP contribution is -2.50. The van der Waals surface area contributed by atoms with Crippen LogP contribution in [0.2, 0.25) is 5.02 Å². The molecule has 2 fully saturated rings. The molecule has 0 spiro atoms. The number of aromatic carboxylic acids is 1. The van der Waals surface area contributed by atoms with Crippen LogP contribution in [0.3, 0.4) is 0 Å². The molecule has 164 valence electrons. The number of nitrogens with zero attached hydrogens (tertiary/aromatic N) is 1. The summed E-state index contributed by atoms with van der Waals surface area (Å²) in [6, 6.07) is 11.5. The van der Waals surface area contributed by atoms with Gasteiger partial charge in [-0.25, -0.2) is 13.2 Å². The Morgan fingerprint density at radius 1 is 1.03 bits per heavy atom. The lowest BCUT2D eigenvalue weighted by molar-refractivity contribution is -0.125. The summed E-state index contributed by atoms with van der Waals surface area (Å²) in [4.78, 5) is 23.5. The van der Waals surface area contributed by atoms with Gasteiger partial charge in [-0.15, -0.1) is 0 Å². The quantitative estimate of drug-likeness (QED) is 0.655. The van der Waals surface area contributed by atoms with Gasteiger partial charge in [0, 0.05) is 17.6 Å². The van der Waals surface area contributed by atoms with Gasteiger partial charge in [-0.2, -0.15) is 4.31 Å². The number of benzene rings is 2. The highest BCUT2D eigenvalue weighted by molar-refractivity contribution is 7.89. The van der Waals surface area contributed by atoms with Gasteiger partial charge in [0.05, 0.1) is 16.4 Å². The van der Waals surface area contributed by atoms with E-state index >= 15 is 0 Å². The molecule has 2 bridgehead atoms. The molecule has 4 unspecified atom stereocenters. The average Bonchev–Trinajstić information content (AvgIpc) is 3.34. The Morgan fingerprint density at radius 3 is 2.23 bits per heavy atom. The minimum absolute atomic E-state index is 0.0164. The third-order valence-corrected chi connectivity index (χ3v) is 8.60. The Balaban J connectivity index is 1.76. The number of carbonyl (C=O) groups excluding carboxylic acids is 1. The van der Waals surface area contributed by atoms with Crippen LogP contribution in [0, 0.1) is 17.8 Å². The average molecular weight is 463 g/mol. The van der Waals surface area contributed by atoms with Gasteiger partial charge in [-0.3, -0.25) is 4.79 Å². The second kappa shape index (κ2) is 8.26. The highest BCUT2D eigenvalue weighted by atomic mass is 35.5. The normalized spacial score (nSPS) is 25.1. The van der Waals surface area contributed by atoms with Crippen LogP contribution in [-0.2, 0) is 21.4 Å². The van der Waals surface area contributed by atoms with E-state index in [1.165, 1.54) is 40.7 Å². The molecular weight excluding hydrogens is 440 g/mol. The number of halogens is 1. The van der Waals surface area contributed by atoms with Gasteiger partial charge in [0.1, 0.15) is 0 Å². The Bertz CT molecular complexity index is 1100. The fraction of sp³-hybridized carbons (Fsp3) is 0.364. The smallest absolute Gasteiger partial charge is 0.335 e. The van der Waals surface area contributed by atoms with Gasteiger partial charge in [-0.1, -0.05) is 23.7 Å². The van der Waals surface area contributed by atoms with E-state index in [-0.39, 0.29) is 28.8 Å². The summed E-state index contributed by atoms with van der Waals surface area (Å²) in [7, 11) is -3.96. The van der Waals surface area contributed by atoms with Crippen molar-refractivity contribution in [3.63, 3.8) is 0 Å². The molecule has 2 aromatic rings. The first-order chi connectivity index (χ1) is 14.7. The van der Waals surface area contributed by atoms with Gasteiger partial charge < -0.3 is 10.8 Å². The predicted molar refractivity (Wildman–Crippen MR) is 115 cm³/mol. The Labute approximate surface area is 185 Å². The maximum Gasteiger partial charge on any atom is 0.335 e. The van der Waals surface area contributed by atoms with Gasteiger partial charge in [-0.05, 0) is 73.1 Å². The van der Waals surface area contributed by atoms with Crippen molar-refractivity contribution in [2.24, 2.45) is 23.5 Å². The molecule has 4 rings (SSSR count). The first kappa shape index (κ1) is 21.8. The first-order valence-corrected chi connectivity index (χ1v) is 11.9. The van der Waals surface area contributed by atoms with Gasteiger partial charge in [0.2, 0.25) is 15.9 Å². The van der Waals surface area contributed by atoms with Crippen LogP contribution in [0.25, 0.3) is 0 Å². The summed E-state index contributed by atoms with van der Waals surface area (Å²) in [5.74, 6) is -1.93. The number of primary amides is 1. The molecule has 3 N–H and O–H groups in total. The van der Waals surface area contributed by atoms with Crippen molar-refractivity contribution >= 4 is 33.5 Å². The molecule has 2 aliphatic rings. The molecule has 31 heavy (non-hydrogen) atoms. The lowest BCUT2D eigenvalue weighted by Gasteiger charge is -2.37. The fourth-order valence-corrected chi connectivity index (χ4v) is 6.92. The summed E-state index contributed by atoms with van der Waals surface area (Å²) < 4.78 is 28.8. The van der Waals surface area contributed by atoms with Crippen molar-refractivity contribution < 1.29 is 23.1 Å². The van der Waals surface area contributed by atoms with E-state index in [1.54, 1.807) is 12.1 Å². The molecule has 0 aromatic heterocycles. The number of carboxylic acid groups (broad SMARTS) is 1. The maximum atomic E-state index is 13.7. The van der Waals surface area contributed by atoms with Crippen LogP contribution in [0.4, 0.5) is 0 Å². The number of fused-ring (bicyclic) bond motifs is 2. The Morgan fingerprint density at radius 2 is 1.65 bits per heavy atom. The molecule has 0 heterocycles. The summed E-state index contributed by atoms with van der Waals surface area (Å²) in [6.07, 6.45) is 2.50. The topological polar surface area (TPSA) is 118 Å². The molecule has 4 atom stereocenters. The zero-order valence-electron chi connectivity index (χ0n) is 16.6. The van der Waals surface area contributed by atoms with Crippen molar-refractivity contribution in [3.8, 4) is 0 Å². The molecule has 9 heteroatoms. The van der Waals surface area contributed by atoms with Crippen LogP contribution >= 0.6 is 11.6 Å². The van der Waals surface area contributed by atoms with Crippen molar-refractivity contribution in [2.45, 2.75) is 36.7 Å². The minimum Gasteiger partial charge on any atom is -0.478 e. The van der Waals surface area contributed by atoms with Crippen molar-refractivity contribution in [1.82, 2.24) is 4.31 Å². The molecule has 7 nitrogen and oxygen atoms in total. The van der Waals surface area contributed by atoms with Crippen molar-refractivity contribution in [3.05, 3.63) is 64.7 Å². The monoisotopic (exact) mass is 462 g/mol. The summed E-state index contributed by atoms with van der Waals surface area (Å²) in [5, 5.41) is 9.55. The predicted octanol–water partition coefficient (Wildman–Crippen LogP) is 3.13. The van der Waals surface area contributed by atoms with E-state index in [9.17, 15) is 18.0 Å². The third-order valence-electron chi connectivity index (χ3n) is 6.49.